The monoisotopic (exact) mass is 368 g/mol. The molecule has 0 fully saturated rings. The highest BCUT2D eigenvalue weighted by Gasteiger charge is 2.17. The minimum absolute atomic E-state index is 0.0838. The summed E-state index contributed by atoms with van der Waals surface area (Å²) in [5.74, 6) is -0.0838. The van der Waals surface area contributed by atoms with Crippen LogP contribution in [0.1, 0.15) is 39.1 Å². The molecule has 3 aromatic rings. The summed E-state index contributed by atoms with van der Waals surface area (Å²) < 4.78 is 7.69. The van der Waals surface area contributed by atoms with E-state index in [0.717, 1.165) is 29.2 Å². The molecule has 136 valence electrons. The topological polar surface area (TPSA) is 43.3 Å². The van der Waals surface area contributed by atoms with Crippen LogP contribution in [0.25, 0.3) is 0 Å². The van der Waals surface area contributed by atoms with E-state index in [1.54, 1.807) is 11.3 Å². The van der Waals surface area contributed by atoms with Gasteiger partial charge < -0.3 is 14.6 Å². The van der Waals surface area contributed by atoms with E-state index >= 15 is 0 Å². The van der Waals surface area contributed by atoms with E-state index in [9.17, 15) is 4.79 Å². The number of carbonyl (C=O) groups is 1. The summed E-state index contributed by atoms with van der Waals surface area (Å²) in [7, 11) is 0. The number of para-hydroxylation sites is 1. The van der Waals surface area contributed by atoms with Crippen LogP contribution in [0.5, 0.6) is 0 Å². The van der Waals surface area contributed by atoms with Gasteiger partial charge in [0.25, 0.3) is 5.91 Å². The number of benzene rings is 1. The normalized spacial score (nSPS) is 10.9. The Hall–Kier alpha value is -2.37. The first kappa shape index (κ1) is 18.4. The fourth-order valence-electron chi connectivity index (χ4n) is 3.00. The van der Waals surface area contributed by atoms with E-state index in [1.807, 2.05) is 51.1 Å². The average molecular weight is 369 g/mol. The first-order valence-electron chi connectivity index (χ1n) is 8.76. The fraction of sp³-hybridized carbons (Fsp3) is 0.286. The highest BCUT2D eigenvalue weighted by atomic mass is 32.1. The van der Waals surface area contributed by atoms with Crippen LogP contribution >= 0.6 is 11.3 Å². The molecule has 0 unspecified atom stereocenters. The molecule has 0 aliphatic rings. The number of hydrogen-bond acceptors (Lipinski definition) is 3. The van der Waals surface area contributed by atoms with E-state index in [-0.39, 0.29) is 5.91 Å². The molecule has 0 saturated carbocycles. The Bertz CT molecular complexity index is 882. The number of thiophene rings is 1. The predicted octanol–water partition coefficient (Wildman–Crippen LogP) is 5.00. The second-order valence-corrected chi connectivity index (χ2v) is 7.23. The summed E-state index contributed by atoms with van der Waals surface area (Å²) in [6, 6.07) is 13.9. The summed E-state index contributed by atoms with van der Waals surface area (Å²) in [6.07, 6.45) is 0. The van der Waals surface area contributed by atoms with Crippen molar-refractivity contribution < 1.29 is 9.53 Å². The molecule has 0 aliphatic heterocycles. The van der Waals surface area contributed by atoms with Gasteiger partial charge in [-0.1, -0.05) is 24.3 Å². The Kier molecular flexibility index (Phi) is 5.91. The number of rotatable bonds is 7. The number of aromatic nitrogens is 1. The molecule has 5 heteroatoms. The van der Waals surface area contributed by atoms with Gasteiger partial charge in [0.1, 0.15) is 0 Å². The standard InChI is InChI=1S/C21H24N2O2S/c1-4-25-14-17-8-5-6-10-20(17)22-21(24)19-12-15(2)23(16(19)3)13-18-9-7-11-26-18/h5-12H,4,13-14H2,1-3H3,(H,22,24). The van der Waals surface area contributed by atoms with Gasteiger partial charge in [0.15, 0.2) is 0 Å². The predicted molar refractivity (Wildman–Crippen MR) is 107 cm³/mol. The quantitative estimate of drug-likeness (QED) is 0.637. The van der Waals surface area contributed by atoms with Crippen molar-refractivity contribution in [2.45, 2.75) is 33.9 Å². The number of nitrogens with one attached hydrogen (secondary N) is 1. The first-order valence-corrected chi connectivity index (χ1v) is 9.64. The van der Waals surface area contributed by atoms with Crippen molar-refractivity contribution in [1.29, 1.82) is 0 Å². The second kappa shape index (κ2) is 8.34. The highest BCUT2D eigenvalue weighted by molar-refractivity contribution is 7.09. The van der Waals surface area contributed by atoms with Crippen LogP contribution in [0.3, 0.4) is 0 Å². The molecule has 1 aromatic carbocycles. The number of aryl methyl sites for hydroxylation is 1. The molecule has 0 spiro atoms. The van der Waals surface area contributed by atoms with Crippen molar-refractivity contribution in [3.8, 4) is 0 Å². The van der Waals surface area contributed by atoms with Crippen LogP contribution in [0.15, 0.2) is 47.8 Å². The first-order chi connectivity index (χ1) is 12.6. The third-order valence-corrected chi connectivity index (χ3v) is 5.30. The van der Waals surface area contributed by atoms with Gasteiger partial charge in [-0.15, -0.1) is 11.3 Å². The van der Waals surface area contributed by atoms with Gasteiger partial charge in [-0.25, -0.2) is 0 Å². The zero-order valence-electron chi connectivity index (χ0n) is 15.4. The smallest absolute Gasteiger partial charge is 0.257 e. The summed E-state index contributed by atoms with van der Waals surface area (Å²) >= 11 is 1.73. The van der Waals surface area contributed by atoms with Crippen LogP contribution in [0, 0.1) is 13.8 Å². The second-order valence-electron chi connectivity index (χ2n) is 6.20. The number of carbonyl (C=O) groups excluding carboxylic acids is 1. The maximum Gasteiger partial charge on any atom is 0.257 e. The van der Waals surface area contributed by atoms with Crippen LogP contribution in [-0.4, -0.2) is 17.1 Å². The van der Waals surface area contributed by atoms with Crippen molar-refractivity contribution >= 4 is 22.9 Å². The molecule has 4 nitrogen and oxygen atoms in total. The lowest BCUT2D eigenvalue weighted by Crippen LogP contribution is -2.15. The fourth-order valence-corrected chi connectivity index (χ4v) is 3.70. The minimum atomic E-state index is -0.0838. The van der Waals surface area contributed by atoms with Gasteiger partial charge in [0, 0.05) is 34.1 Å². The minimum Gasteiger partial charge on any atom is -0.377 e. The molecule has 26 heavy (non-hydrogen) atoms. The van der Waals surface area contributed by atoms with Gasteiger partial charge >= 0.3 is 0 Å². The van der Waals surface area contributed by atoms with Crippen LogP contribution in [0.2, 0.25) is 0 Å². The molecule has 3 rings (SSSR count). The lowest BCUT2D eigenvalue weighted by Gasteiger charge is -2.12. The number of nitrogens with zero attached hydrogens (tertiary/aromatic N) is 1. The maximum absolute atomic E-state index is 12.9. The zero-order chi connectivity index (χ0) is 18.5. The van der Waals surface area contributed by atoms with Gasteiger partial charge in [0.05, 0.1) is 18.7 Å². The van der Waals surface area contributed by atoms with Crippen LogP contribution < -0.4 is 5.32 Å². The Morgan fingerprint density at radius 2 is 2.00 bits per heavy atom. The highest BCUT2D eigenvalue weighted by Crippen LogP contribution is 2.22. The zero-order valence-corrected chi connectivity index (χ0v) is 16.2. The summed E-state index contributed by atoms with van der Waals surface area (Å²) in [5.41, 5.74) is 4.56. The van der Waals surface area contributed by atoms with Crippen LogP contribution in [0.4, 0.5) is 5.69 Å². The molecule has 0 aliphatic carbocycles. The van der Waals surface area contributed by atoms with Crippen molar-refractivity contribution in [3.05, 3.63) is 75.2 Å². The molecule has 0 atom stereocenters. The van der Waals surface area contributed by atoms with Crippen molar-refractivity contribution in [1.82, 2.24) is 4.57 Å². The van der Waals surface area contributed by atoms with E-state index in [1.165, 1.54) is 4.88 Å². The number of ether oxygens (including phenoxy) is 1. The van der Waals surface area contributed by atoms with Crippen molar-refractivity contribution in [2.75, 3.05) is 11.9 Å². The van der Waals surface area contributed by atoms with E-state index < -0.39 is 0 Å². The van der Waals surface area contributed by atoms with Gasteiger partial charge in [0.2, 0.25) is 0 Å². The van der Waals surface area contributed by atoms with Crippen molar-refractivity contribution in [2.24, 2.45) is 0 Å². The summed E-state index contributed by atoms with van der Waals surface area (Å²) in [6.45, 7) is 7.94. The number of amides is 1. The summed E-state index contributed by atoms with van der Waals surface area (Å²) in [4.78, 5) is 14.1. The Morgan fingerprint density at radius 3 is 2.73 bits per heavy atom. The number of anilines is 1. The van der Waals surface area contributed by atoms with Gasteiger partial charge in [-0.2, -0.15) is 0 Å². The number of hydrogen-bond donors (Lipinski definition) is 1. The van der Waals surface area contributed by atoms with Gasteiger partial charge in [-0.3, -0.25) is 4.79 Å². The molecular weight excluding hydrogens is 344 g/mol. The molecule has 0 bridgehead atoms. The largest absolute Gasteiger partial charge is 0.377 e. The Morgan fingerprint density at radius 1 is 1.19 bits per heavy atom. The summed E-state index contributed by atoms with van der Waals surface area (Å²) in [5, 5.41) is 5.12. The molecule has 0 saturated heterocycles. The average Bonchev–Trinajstić information content (AvgIpc) is 3.24. The Balaban J connectivity index is 1.81. The molecule has 1 amide bonds. The van der Waals surface area contributed by atoms with Crippen molar-refractivity contribution in [3.63, 3.8) is 0 Å². The molecular formula is C21H24N2O2S. The third kappa shape index (κ3) is 4.06. The third-order valence-electron chi connectivity index (χ3n) is 4.44. The van der Waals surface area contributed by atoms with E-state index in [2.05, 4.69) is 27.4 Å². The van der Waals surface area contributed by atoms with Gasteiger partial charge in [-0.05, 0) is 44.4 Å². The van der Waals surface area contributed by atoms with E-state index in [4.69, 9.17) is 4.74 Å². The lowest BCUT2D eigenvalue weighted by molar-refractivity contribution is 0.102. The van der Waals surface area contributed by atoms with E-state index in [0.29, 0.717) is 18.8 Å². The molecule has 0 radical (unpaired) electrons. The molecule has 2 aromatic heterocycles. The van der Waals surface area contributed by atoms with Crippen LogP contribution in [-0.2, 0) is 17.9 Å². The molecule has 2 heterocycles. The molecule has 1 N–H and O–H groups in total. The Labute approximate surface area is 158 Å². The maximum atomic E-state index is 12.9. The SMILES string of the molecule is CCOCc1ccccc1NC(=O)c1cc(C)n(Cc2cccs2)c1C. The lowest BCUT2D eigenvalue weighted by atomic mass is 10.1.